The maximum Gasteiger partial charge on any atom is 0.416 e. The molecule has 4 nitrogen and oxygen atoms in total. The van der Waals surface area contributed by atoms with Crippen molar-refractivity contribution in [3.05, 3.63) is 46.2 Å². The number of nitrogens with one attached hydrogen (secondary N) is 2. The molecular weight excluding hydrogens is 356 g/mol. The fraction of sp³-hybridized carbons (Fsp3) is 0.0833. The molecule has 2 aromatic rings. The highest BCUT2D eigenvalue weighted by Gasteiger charge is 2.31. The second-order valence-electron chi connectivity index (χ2n) is 3.99. The van der Waals surface area contributed by atoms with Crippen molar-refractivity contribution in [2.24, 2.45) is 5.84 Å². The van der Waals surface area contributed by atoms with Gasteiger partial charge in [0.2, 0.25) is 0 Å². The molecule has 2 rings (SSSR count). The minimum atomic E-state index is -4.57. The number of hydrogen-bond acceptors (Lipinski definition) is 4. The predicted molar refractivity (Wildman–Crippen MR) is 74.4 cm³/mol. The zero-order chi connectivity index (χ0) is 15.6. The van der Waals surface area contributed by atoms with Crippen molar-refractivity contribution >= 4 is 33.3 Å². The largest absolute Gasteiger partial charge is 0.416 e. The van der Waals surface area contributed by atoms with Crippen LogP contribution in [0.1, 0.15) is 5.56 Å². The lowest BCUT2D eigenvalue weighted by Crippen LogP contribution is -2.13. The Hall–Kier alpha value is -1.87. The van der Waals surface area contributed by atoms with Gasteiger partial charge in [-0.2, -0.15) is 13.2 Å². The quantitative estimate of drug-likeness (QED) is 0.437. The van der Waals surface area contributed by atoms with Gasteiger partial charge in [-0.3, -0.25) is 0 Å². The third kappa shape index (κ3) is 3.61. The van der Waals surface area contributed by atoms with Gasteiger partial charge >= 0.3 is 6.18 Å². The average molecular weight is 365 g/mol. The van der Waals surface area contributed by atoms with Crippen molar-refractivity contribution in [3.8, 4) is 0 Å². The fourth-order valence-electron chi connectivity index (χ4n) is 1.58. The summed E-state index contributed by atoms with van der Waals surface area (Å²) >= 11 is 3.11. The fourth-order valence-corrected chi connectivity index (χ4v) is 2.02. The standard InChI is InChI=1S/C12H9BrF4N4/c13-7-2-1-3-8(14)11(7)20-9-4-6(12(15,16)17)5-10(19-9)21-18/h1-5H,18H2,(H2,19,20,21). The van der Waals surface area contributed by atoms with Crippen molar-refractivity contribution in [2.45, 2.75) is 6.18 Å². The molecule has 0 saturated carbocycles. The van der Waals surface area contributed by atoms with Crippen LogP contribution in [0.2, 0.25) is 0 Å². The Bertz CT molecular complexity index is 640. The Labute approximate surface area is 125 Å². The van der Waals surface area contributed by atoms with Crippen LogP contribution in [0.25, 0.3) is 0 Å². The summed E-state index contributed by atoms with van der Waals surface area (Å²) in [5.74, 6) is 4.07. The van der Waals surface area contributed by atoms with E-state index in [1.54, 1.807) is 6.07 Å². The molecule has 0 aliphatic rings. The van der Waals surface area contributed by atoms with Gasteiger partial charge in [0.1, 0.15) is 17.5 Å². The van der Waals surface area contributed by atoms with Gasteiger partial charge in [0, 0.05) is 4.47 Å². The van der Waals surface area contributed by atoms with E-state index in [4.69, 9.17) is 5.84 Å². The lowest BCUT2D eigenvalue weighted by atomic mass is 10.2. The highest BCUT2D eigenvalue weighted by Crippen LogP contribution is 2.34. The lowest BCUT2D eigenvalue weighted by Gasteiger charge is -2.13. The Morgan fingerprint density at radius 1 is 1.14 bits per heavy atom. The van der Waals surface area contributed by atoms with Gasteiger partial charge in [0.15, 0.2) is 0 Å². The van der Waals surface area contributed by atoms with Crippen LogP contribution < -0.4 is 16.6 Å². The highest BCUT2D eigenvalue weighted by atomic mass is 79.9. The molecule has 0 atom stereocenters. The van der Waals surface area contributed by atoms with Crippen LogP contribution in [0.15, 0.2) is 34.8 Å². The summed E-state index contributed by atoms with van der Waals surface area (Å²) in [6, 6.07) is 5.68. The third-order valence-corrected chi connectivity index (χ3v) is 3.18. The molecule has 0 bridgehead atoms. The first-order valence-electron chi connectivity index (χ1n) is 5.58. The zero-order valence-corrected chi connectivity index (χ0v) is 11.9. The summed E-state index contributed by atoms with van der Waals surface area (Å²) < 4.78 is 52.3. The summed E-state index contributed by atoms with van der Waals surface area (Å²) in [6.45, 7) is 0. The van der Waals surface area contributed by atoms with Crippen molar-refractivity contribution in [2.75, 3.05) is 10.7 Å². The average Bonchev–Trinajstić information content (AvgIpc) is 2.42. The van der Waals surface area contributed by atoms with Gasteiger partial charge in [0.25, 0.3) is 0 Å². The topological polar surface area (TPSA) is 63.0 Å². The maximum atomic E-state index is 13.7. The third-order valence-electron chi connectivity index (χ3n) is 2.52. The Balaban J connectivity index is 2.45. The first kappa shape index (κ1) is 15.5. The van der Waals surface area contributed by atoms with E-state index in [9.17, 15) is 17.6 Å². The maximum absolute atomic E-state index is 13.7. The van der Waals surface area contributed by atoms with Crippen LogP contribution in [-0.4, -0.2) is 4.98 Å². The minimum absolute atomic E-state index is 0.0210. The van der Waals surface area contributed by atoms with E-state index < -0.39 is 17.6 Å². The van der Waals surface area contributed by atoms with Gasteiger partial charge in [-0.1, -0.05) is 6.07 Å². The number of pyridine rings is 1. The van der Waals surface area contributed by atoms with E-state index >= 15 is 0 Å². The SMILES string of the molecule is NNc1cc(C(F)(F)F)cc(Nc2c(F)cccc2Br)n1. The van der Waals surface area contributed by atoms with Gasteiger partial charge in [0.05, 0.1) is 11.3 Å². The number of hydrogen-bond donors (Lipinski definition) is 3. The van der Waals surface area contributed by atoms with Crippen LogP contribution in [-0.2, 0) is 6.18 Å². The molecular formula is C12H9BrF4N4. The predicted octanol–water partition coefficient (Wildman–Crippen LogP) is 4.03. The molecule has 1 aromatic heterocycles. The van der Waals surface area contributed by atoms with Gasteiger partial charge in [-0.25, -0.2) is 15.2 Å². The Morgan fingerprint density at radius 2 is 1.81 bits per heavy atom. The monoisotopic (exact) mass is 364 g/mol. The molecule has 112 valence electrons. The number of hydrazine groups is 1. The molecule has 0 spiro atoms. The van der Waals surface area contributed by atoms with Crippen LogP contribution in [0.3, 0.4) is 0 Å². The van der Waals surface area contributed by atoms with Gasteiger partial charge in [-0.15, -0.1) is 0 Å². The van der Waals surface area contributed by atoms with E-state index in [-0.39, 0.29) is 17.3 Å². The molecule has 0 fully saturated rings. The van der Waals surface area contributed by atoms with Crippen LogP contribution in [0.4, 0.5) is 34.9 Å². The number of alkyl halides is 3. The second-order valence-corrected chi connectivity index (χ2v) is 4.84. The molecule has 1 aromatic carbocycles. The number of nitrogen functional groups attached to an aromatic ring is 1. The lowest BCUT2D eigenvalue weighted by molar-refractivity contribution is -0.137. The van der Waals surface area contributed by atoms with Crippen molar-refractivity contribution in [1.82, 2.24) is 4.98 Å². The molecule has 0 aliphatic carbocycles. The molecule has 0 unspecified atom stereocenters. The van der Waals surface area contributed by atoms with E-state index in [2.05, 4.69) is 26.2 Å². The number of anilines is 3. The number of halogens is 5. The molecule has 0 saturated heterocycles. The molecule has 0 radical (unpaired) electrons. The minimum Gasteiger partial charge on any atom is -0.337 e. The van der Waals surface area contributed by atoms with Crippen LogP contribution >= 0.6 is 15.9 Å². The summed E-state index contributed by atoms with van der Waals surface area (Å²) in [5.41, 5.74) is 1.06. The van der Waals surface area contributed by atoms with Gasteiger partial charge in [-0.05, 0) is 40.2 Å². The summed E-state index contributed by atoms with van der Waals surface area (Å²) in [7, 11) is 0. The van der Waals surface area contributed by atoms with Crippen molar-refractivity contribution in [1.29, 1.82) is 0 Å². The number of benzene rings is 1. The summed E-state index contributed by atoms with van der Waals surface area (Å²) in [6.07, 6.45) is -4.57. The van der Waals surface area contributed by atoms with Crippen molar-refractivity contribution in [3.63, 3.8) is 0 Å². The van der Waals surface area contributed by atoms with E-state index in [0.717, 1.165) is 12.1 Å². The molecule has 4 N–H and O–H groups in total. The first-order chi connectivity index (χ1) is 9.81. The number of para-hydroxylation sites is 1. The number of nitrogens with two attached hydrogens (primary N) is 1. The Morgan fingerprint density at radius 3 is 2.38 bits per heavy atom. The molecule has 9 heteroatoms. The Kier molecular flexibility index (Phi) is 4.33. The smallest absolute Gasteiger partial charge is 0.337 e. The number of nitrogens with zero attached hydrogens (tertiary/aromatic N) is 1. The number of rotatable bonds is 3. The van der Waals surface area contributed by atoms with E-state index in [1.807, 2.05) is 5.43 Å². The zero-order valence-electron chi connectivity index (χ0n) is 10.3. The van der Waals surface area contributed by atoms with Crippen molar-refractivity contribution < 1.29 is 17.6 Å². The van der Waals surface area contributed by atoms with E-state index in [0.29, 0.717) is 4.47 Å². The van der Waals surface area contributed by atoms with E-state index in [1.165, 1.54) is 12.1 Å². The van der Waals surface area contributed by atoms with Crippen LogP contribution in [0, 0.1) is 5.82 Å². The van der Waals surface area contributed by atoms with Gasteiger partial charge < -0.3 is 10.7 Å². The number of aromatic nitrogens is 1. The molecule has 0 aliphatic heterocycles. The second kappa shape index (κ2) is 5.86. The molecule has 0 amide bonds. The molecule has 1 heterocycles. The summed E-state index contributed by atoms with van der Waals surface area (Å²) in [5, 5.41) is 2.50. The summed E-state index contributed by atoms with van der Waals surface area (Å²) in [4.78, 5) is 3.81. The first-order valence-corrected chi connectivity index (χ1v) is 6.37. The normalized spacial score (nSPS) is 11.3. The van der Waals surface area contributed by atoms with Crippen LogP contribution in [0.5, 0.6) is 0 Å². The molecule has 21 heavy (non-hydrogen) atoms. The highest BCUT2D eigenvalue weighted by molar-refractivity contribution is 9.10.